The topological polar surface area (TPSA) is 49.9 Å². The second-order valence-electron chi connectivity index (χ2n) is 4.86. The van der Waals surface area contributed by atoms with E-state index in [4.69, 9.17) is 4.74 Å². The number of para-hydroxylation sites is 1. The summed E-state index contributed by atoms with van der Waals surface area (Å²) in [5.41, 5.74) is 1.31. The van der Waals surface area contributed by atoms with Gasteiger partial charge in [-0.3, -0.25) is 0 Å². The summed E-state index contributed by atoms with van der Waals surface area (Å²) < 4.78 is 5.79. The minimum atomic E-state index is 0.347. The summed E-state index contributed by atoms with van der Waals surface area (Å²) >= 11 is 0. The van der Waals surface area contributed by atoms with Crippen LogP contribution in [0.1, 0.15) is 24.2 Å². The maximum atomic E-state index is 5.79. The van der Waals surface area contributed by atoms with E-state index in [-0.39, 0.29) is 0 Å². The molecule has 0 saturated heterocycles. The lowest BCUT2D eigenvalue weighted by molar-refractivity contribution is 0.297. The van der Waals surface area contributed by atoms with Crippen LogP contribution in [0.2, 0.25) is 0 Å². The highest BCUT2D eigenvalue weighted by atomic mass is 16.5. The SMILES string of the molecule is CCNC(Cc1ncc[nH]1)C1COc2ccccc21. The van der Waals surface area contributed by atoms with E-state index < -0.39 is 0 Å². The maximum Gasteiger partial charge on any atom is 0.122 e. The van der Waals surface area contributed by atoms with E-state index in [1.807, 2.05) is 18.3 Å². The summed E-state index contributed by atoms with van der Waals surface area (Å²) in [7, 11) is 0. The van der Waals surface area contributed by atoms with Gasteiger partial charge in [0.05, 0.1) is 6.61 Å². The first kappa shape index (κ1) is 12.2. The molecule has 1 aliphatic heterocycles. The lowest BCUT2D eigenvalue weighted by atomic mass is 9.91. The first-order chi connectivity index (χ1) is 9.38. The van der Waals surface area contributed by atoms with Gasteiger partial charge in [0.25, 0.3) is 0 Å². The Morgan fingerprint density at radius 2 is 2.37 bits per heavy atom. The number of aromatic amines is 1. The largest absolute Gasteiger partial charge is 0.493 e. The lowest BCUT2D eigenvalue weighted by Crippen LogP contribution is -2.37. The zero-order chi connectivity index (χ0) is 13.1. The minimum absolute atomic E-state index is 0.347. The van der Waals surface area contributed by atoms with Crippen molar-refractivity contribution in [1.82, 2.24) is 15.3 Å². The highest BCUT2D eigenvalue weighted by molar-refractivity contribution is 5.40. The number of H-pyrrole nitrogens is 1. The van der Waals surface area contributed by atoms with Crippen molar-refractivity contribution in [3.8, 4) is 5.75 Å². The molecule has 2 heterocycles. The van der Waals surface area contributed by atoms with Gasteiger partial charge in [-0.15, -0.1) is 0 Å². The zero-order valence-electron chi connectivity index (χ0n) is 11.1. The monoisotopic (exact) mass is 257 g/mol. The smallest absolute Gasteiger partial charge is 0.122 e. The van der Waals surface area contributed by atoms with Crippen molar-refractivity contribution in [1.29, 1.82) is 0 Å². The van der Waals surface area contributed by atoms with Crippen LogP contribution in [0.5, 0.6) is 5.75 Å². The quantitative estimate of drug-likeness (QED) is 0.862. The summed E-state index contributed by atoms with van der Waals surface area (Å²) in [5.74, 6) is 2.44. The Bertz CT molecular complexity index is 524. The van der Waals surface area contributed by atoms with Crippen LogP contribution in [0.4, 0.5) is 0 Å². The third kappa shape index (κ3) is 2.49. The van der Waals surface area contributed by atoms with Gasteiger partial charge in [0.2, 0.25) is 0 Å². The standard InChI is InChI=1S/C15H19N3O/c1-2-16-13(9-15-17-7-8-18-15)12-10-19-14-6-4-3-5-11(12)14/h3-8,12-13,16H,2,9-10H2,1H3,(H,17,18). The van der Waals surface area contributed by atoms with Gasteiger partial charge >= 0.3 is 0 Å². The number of ether oxygens (including phenoxy) is 1. The second kappa shape index (κ2) is 5.45. The van der Waals surface area contributed by atoms with Crippen molar-refractivity contribution in [2.75, 3.05) is 13.2 Å². The Hall–Kier alpha value is -1.81. The zero-order valence-corrected chi connectivity index (χ0v) is 11.1. The van der Waals surface area contributed by atoms with Crippen LogP contribution in [-0.2, 0) is 6.42 Å². The highest BCUT2D eigenvalue weighted by Crippen LogP contribution is 2.36. The van der Waals surface area contributed by atoms with Crippen molar-refractivity contribution in [2.24, 2.45) is 0 Å². The average Bonchev–Trinajstić information content (AvgIpc) is 3.07. The summed E-state index contributed by atoms with van der Waals surface area (Å²) in [4.78, 5) is 7.51. The van der Waals surface area contributed by atoms with E-state index in [2.05, 4.69) is 34.3 Å². The van der Waals surface area contributed by atoms with Gasteiger partial charge in [-0.1, -0.05) is 25.1 Å². The van der Waals surface area contributed by atoms with Crippen LogP contribution in [-0.4, -0.2) is 29.2 Å². The van der Waals surface area contributed by atoms with Crippen LogP contribution in [0, 0.1) is 0 Å². The normalized spacial score (nSPS) is 18.9. The van der Waals surface area contributed by atoms with E-state index >= 15 is 0 Å². The fourth-order valence-corrected chi connectivity index (χ4v) is 2.76. The summed E-state index contributed by atoms with van der Waals surface area (Å²) in [6, 6.07) is 8.66. The Morgan fingerprint density at radius 3 is 3.16 bits per heavy atom. The van der Waals surface area contributed by atoms with Crippen molar-refractivity contribution >= 4 is 0 Å². The fraction of sp³-hybridized carbons (Fsp3) is 0.400. The van der Waals surface area contributed by atoms with Gasteiger partial charge in [0, 0.05) is 36.3 Å². The van der Waals surface area contributed by atoms with Crippen LogP contribution < -0.4 is 10.1 Å². The van der Waals surface area contributed by atoms with E-state index in [1.165, 1.54) is 5.56 Å². The molecule has 2 atom stereocenters. The molecule has 0 saturated carbocycles. The molecule has 0 spiro atoms. The molecule has 4 nitrogen and oxygen atoms in total. The first-order valence-electron chi connectivity index (χ1n) is 6.82. The fourth-order valence-electron chi connectivity index (χ4n) is 2.76. The number of imidazole rings is 1. The van der Waals surface area contributed by atoms with Crippen molar-refractivity contribution in [3.05, 3.63) is 48.0 Å². The number of hydrogen-bond acceptors (Lipinski definition) is 3. The third-order valence-corrected chi connectivity index (χ3v) is 3.66. The van der Waals surface area contributed by atoms with Gasteiger partial charge in [-0.2, -0.15) is 0 Å². The number of aromatic nitrogens is 2. The minimum Gasteiger partial charge on any atom is -0.493 e. The summed E-state index contributed by atoms with van der Waals surface area (Å²) in [5, 5.41) is 3.56. The van der Waals surface area contributed by atoms with Crippen molar-refractivity contribution in [3.63, 3.8) is 0 Å². The summed E-state index contributed by atoms with van der Waals surface area (Å²) in [6.45, 7) is 3.83. The van der Waals surface area contributed by atoms with Crippen LogP contribution in [0.15, 0.2) is 36.7 Å². The molecule has 19 heavy (non-hydrogen) atoms. The van der Waals surface area contributed by atoms with Crippen molar-refractivity contribution in [2.45, 2.75) is 25.3 Å². The molecular weight excluding hydrogens is 238 g/mol. The van der Waals surface area contributed by atoms with Gasteiger partial charge in [-0.25, -0.2) is 4.98 Å². The number of fused-ring (bicyclic) bond motifs is 1. The molecule has 0 radical (unpaired) electrons. The Kier molecular flexibility index (Phi) is 3.51. The molecule has 2 aromatic rings. The number of benzene rings is 1. The molecule has 1 aromatic carbocycles. The van der Waals surface area contributed by atoms with E-state index in [0.717, 1.165) is 31.1 Å². The van der Waals surface area contributed by atoms with Crippen LogP contribution in [0.25, 0.3) is 0 Å². The lowest BCUT2D eigenvalue weighted by Gasteiger charge is -2.22. The van der Waals surface area contributed by atoms with Crippen molar-refractivity contribution < 1.29 is 4.74 Å². The molecule has 3 rings (SSSR count). The summed E-state index contributed by atoms with van der Waals surface area (Å²) in [6.07, 6.45) is 4.57. The molecule has 100 valence electrons. The maximum absolute atomic E-state index is 5.79. The molecule has 0 aliphatic carbocycles. The number of hydrogen-bond donors (Lipinski definition) is 2. The number of nitrogens with zero attached hydrogens (tertiary/aromatic N) is 1. The Balaban J connectivity index is 1.81. The predicted molar refractivity (Wildman–Crippen MR) is 74.4 cm³/mol. The molecule has 2 unspecified atom stereocenters. The number of rotatable bonds is 5. The predicted octanol–water partition coefficient (Wildman–Crippen LogP) is 2.11. The van der Waals surface area contributed by atoms with Gasteiger partial charge < -0.3 is 15.0 Å². The number of likely N-dealkylation sites (N-methyl/N-ethyl adjacent to an activating group) is 1. The average molecular weight is 257 g/mol. The second-order valence-corrected chi connectivity index (χ2v) is 4.86. The third-order valence-electron chi connectivity index (χ3n) is 3.66. The van der Waals surface area contributed by atoms with E-state index in [1.54, 1.807) is 6.20 Å². The molecule has 4 heteroatoms. The molecule has 1 aromatic heterocycles. The van der Waals surface area contributed by atoms with Crippen LogP contribution in [0.3, 0.4) is 0 Å². The molecule has 0 fully saturated rings. The first-order valence-corrected chi connectivity index (χ1v) is 6.82. The van der Waals surface area contributed by atoms with Gasteiger partial charge in [-0.05, 0) is 12.6 Å². The highest BCUT2D eigenvalue weighted by Gasteiger charge is 2.31. The Labute approximate surface area is 113 Å². The molecule has 1 aliphatic rings. The Morgan fingerprint density at radius 1 is 1.47 bits per heavy atom. The molecule has 2 N–H and O–H groups in total. The van der Waals surface area contributed by atoms with E-state index in [9.17, 15) is 0 Å². The van der Waals surface area contributed by atoms with E-state index in [0.29, 0.717) is 12.0 Å². The molecule has 0 amide bonds. The molecule has 0 bridgehead atoms. The molecular formula is C15H19N3O. The van der Waals surface area contributed by atoms with Gasteiger partial charge in [0.15, 0.2) is 0 Å². The van der Waals surface area contributed by atoms with Gasteiger partial charge in [0.1, 0.15) is 11.6 Å². The van der Waals surface area contributed by atoms with Crippen LogP contribution >= 0.6 is 0 Å². The number of nitrogens with one attached hydrogen (secondary N) is 2.